The maximum absolute atomic E-state index is 11.9. The maximum atomic E-state index is 11.9. The van der Waals surface area contributed by atoms with Gasteiger partial charge < -0.3 is 5.32 Å². The largest absolute Gasteiger partial charge is 0.350 e. The molecule has 0 aliphatic carbocycles. The third-order valence-corrected chi connectivity index (χ3v) is 2.95. The number of rotatable bonds is 5. The number of benzene rings is 1. The van der Waals surface area contributed by atoms with Crippen molar-refractivity contribution in [3.05, 3.63) is 38.3 Å². The molecule has 0 fully saturated rings. The van der Waals surface area contributed by atoms with Gasteiger partial charge in [0.1, 0.15) is 0 Å². The Morgan fingerprint density at radius 3 is 2.78 bits per heavy atom. The highest BCUT2D eigenvalue weighted by Crippen LogP contribution is 2.21. The van der Waals surface area contributed by atoms with E-state index >= 15 is 0 Å². The molecule has 1 rings (SSSR count). The number of carbonyl (C=O) groups excluding carboxylic acids is 1. The van der Waals surface area contributed by atoms with Gasteiger partial charge in [-0.3, -0.25) is 14.9 Å². The molecule has 0 aromatic heterocycles. The van der Waals surface area contributed by atoms with Gasteiger partial charge in [0.05, 0.1) is 4.92 Å². The molecule has 0 spiro atoms. The molecule has 0 radical (unpaired) electrons. The van der Waals surface area contributed by atoms with E-state index in [0.717, 1.165) is 0 Å². The van der Waals surface area contributed by atoms with Crippen LogP contribution in [0.5, 0.6) is 0 Å². The topological polar surface area (TPSA) is 72.2 Å². The van der Waals surface area contributed by atoms with Gasteiger partial charge >= 0.3 is 0 Å². The zero-order valence-corrected chi connectivity index (χ0v) is 12.0. The molecule has 7 heteroatoms. The van der Waals surface area contributed by atoms with Crippen LogP contribution >= 0.6 is 27.5 Å². The van der Waals surface area contributed by atoms with E-state index in [9.17, 15) is 14.9 Å². The summed E-state index contributed by atoms with van der Waals surface area (Å²) in [6, 6.07) is 4.05. The molecule has 0 aliphatic rings. The Morgan fingerprint density at radius 2 is 2.22 bits per heavy atom. The summed E-state index contributed by atoms with van der Waals surface area (Å²) in [4.78, 5) is 22.0. The monoisotopic (exact) mass is 334 g/mol. The molecule has 1 atom stereocenters. The summed E-state index contributed by atoms with van der Waals surface area (Å²) in [5.74, 6) is 0.0945. The Balaban J connectivity index is 2.88. The van der Waals surface area contributed by atoms with Gasteiger partial charge in [-0.2, -0.15) is 0 Å². The highest BCUT2D eigenvalue weighted by atomic mass is 79.9. The molecule has 1 amide bonds. The number of carbonyl (C=O) groups is 1. The predicted octanol–water partition coefficient (Wildman–Crippen LogP) is 3.10. The van der Waals surface area contributed by atoms with Crippen LogP contribution in [-0.2, 0) is 0 Å². The van der Waals surface area contributed by atoms with E-state index < -0.39 is 4.92 Å². The highest BCUT2D eigenvalue weighted by Gasteiger charge is 2.15. The number of non-ortho nitro benzene ring substituents is 1. The van der Waals surface area contributed by atoms with Crippen molar-refractivity contribution in [3.63, 3.8) is 0 Å². The second-order valence-corrected chi connectivity index (χ2v) is 5.10. The highest BCUT2D eigenvalue weighted by molar-refractivity contribution is 9.10. The van der Waals surface area contributed by atoms with Gasteiger partial charge in [-0.05, 0) is 19.4 Å². The van der Waals surface area contributed by atoms with Gasteiger partial charge in [0.15, 0.2) is 0 Å². The van der Waals surface area contributed by atoms with Crippen LogP contribution in [0.25, 0.3) is 0 Å². The number of nitrogens with zero attached hydrogens (tertiary/aromatic N) is 1. The standard InChI is InChI=1S/C11H12BrClN2O3/c1-7(2-3-13)14-11(16)8-4-9(12)6-10(5-8)15(17)18/h4-7H,2-3H2,1H3,(H,14,16). The van der Waals surface area contributed by atoms with Gasteiger partial charge in [0, 0.05) is 34.1 Å². The molecule has 1 N–H and O–H groups in total. The van der Waals surface area contributed by atoms with Gasteiger partial charge in [0.25, 0.3) is 11.6 Å². The lowest BCUT2D eigenvalue weighted by atomic mass is 10.1. The van der Waals surface area contributed by atoms with Gasteiger partial charge in [-0.25, -0.2) is 0 Å². The van der Waals surface area contributed by atoms with Crippen molar-refractivity contribution in [1.29, 1.82) is 0 Å². The fraction of sp³-hybridized carbons (Fsp3) is 0.364. The van der Waals surface area contributed by atoms with Crippen molar-refractivity contribution >= 4 is 39.1 Å². The number of nitrogens with one attached hydrogen (secondary N) is 1. The third-order valence-electron chi connectivity index (χ3n) is 2.28. The van der Waals surface area contributed by atoms with E-state index in [1.165, 1.54) is 18.2 Å². The SMILES string of the molecule is CC(CCCl)NC(=O)c1cc(Br)cc([N+](=O)[O-])c1. The molecule has 1 unspecified atom stereocenters. The van der Waals surface area contributed by atoms with Gasteiger partial charge in [-0.1, -0.05) is 15.9 Å². The number of halogens is 2. The maximum Gasteiger partial charge on any atom is 0.271 e. The van der Waals surface area contributed by atoms with E-state index in [1.807, 2.05) is 6.92 Å². The predicted molar refractivity (Wildman–Crippen MR) is 73.1 cm³/mol. The second kappa shape index (κ2) is 6.70. The van der Waals surface area contributed by atoms with Gasteiger partial charge in [-0.15, -0.1) is 11.6 Å². The Hall–Kier alpha value is -1.14. The van der Waals surface area contributed by atoms with E-state index in [2.05, 4.69) is 21.2 Å². The van der Waals surface area contributed by atoms with E-state index in [4.69, 9.17) is 11.6 Å². The molecule has 0 saturated heterocycles. The van der Waals surface area contributed by atoms with Crippen LogP contribution in [0.15, 0.2) is 22.7 Å². The van der Waals surface area contributed by atoms with Crippen molar-refractivity contribution in [1.82, 2.24) is 5.32 Å². The number of nitro groups is 1. The lowest BCUT2D eigenvalue weighted by Gasteiger charge is -2.12. The Bertz CT molecular complexity index is 468. The second-order valence-electron chi connectivity index (χ2n) is 3.81. The quantitative estimate of drug-likeness (QED) is 0.510. The molecule has 0 aliphatic heterocycles. The summed E-state index contributed by atoms with van der Waals surface area (Å²) in [7, 11) is 0. The zero-order chi connectivity index (χ0) is 13.7. The number of alkyl halides is 1. The minimum atomic E-state index is -0.538. The van der Waals surface area contributed by atoms with Crippen molar-refractivity contribution in [2.45, 2.75) is 19.4 Å². The summed E-state index contributed by atoms with van der Waals surface area (Å²) >= 11 is 8.71. The summed E-state index contributed by atoms with van der Waals surface area (Å²) < 4.78 is 0.492. The van der Waals surface area contributed by atoms with Crippen molar-refractivity contribution in [2.75, 3.05) is 5.88 Å². The fourth-order valence-electron chi connectivity index (χ4n) is 1.35. The van der Waals surface area contributed by atoms with Crippen molar-refractivity contribution in [2.24, 2.45) is 0 Å². The summed E-state index contributed by atoms with van der Waals surface area (Å²) in [5, 5.41) is 13.4. The Kier molecular flexibility index (Phi) is 5.55. The molecular formula is C11H12BrClN2O3. The zero-order valence-electron chi connectivity index (χ0n) is 9.65. The van der Waals surface area contributed by atoms with Crippen LogP contribution in [0, 0.1) is 10.1 Å². The molecule has 0 bridgehead atoms. The fourth-order valence-corrected chi connectivity index (χ4v) is 2.16. The van der Waals surface area contributed by atoms with Crippen molar-refractivity contribution in [3.8, 4) is 0 Å². The molecule has 1 aromatic carbocycles. The summed E-state index contributed by atoms with van der Waals surface area (Å²) in [5.41, 5.74) is 0.122. The molecule has 18 heavy (non-hydrogen) atoms. The molecule has 0 saturated carbocycles. The van der Waals surface area contributed by atoms with Crippen LogP contribution in [0.1, 0.15) is 23.7 Å². The first-order valence-electron chi connectivity index (χ1n) is 5.26. The summed E-state index contributed by atoms with van der Waals surface area (Å²) in [6.07, 6.45) is 0.642. The van der Waals surface area contributed by atoms with Crippen LogP contribution in [-0.4, -0.2) is 22.8 Å². The summed E-state index contributed by atoms with van der Waals surface area (Å²) in [6.45, 7) is 1.83. The lowest BCUT2D eigenvalue weighted by Crippen LogP contribution is -2.32. The number of hydrogen-bond acceptors (Lipinski definition) is 3. The average molecular weight is 336 g/mol. The van der Waals surface area contributed by atoms with Crippen LogP contribution in [0.4, 0.5) is 5.69 Å². The molecule has 1 aromatic rings. The Morgan fingerprint density at radius 1 is 1.56 bits per heavy atom. The van der Waals surface area contributed by atoms with Crippen LogP contribution in [0.2, 0.25) is 0 Å². The van der Waals surface area contributed by atoms with Gasteiger partial charge in [0.2, 0.25) is 0 Å². The number of hydrogen-bond donors (Lipinski definition) is 1. The lowest BCUT2D eigenvalue weighted by molar-refractivity contribution is -0.385. The number of nitro benzene ring substituents is 1. The first kappa shape index (κ1) is 14.9. The third kappa shape index (κ3) is 4.27. The molecule has 5 nitrogen and oxygen atoms in total. The van der Waals surface area contributed by atoms with E-state index in [0.29, 0.717) is 16.8 Å². The average Bonchev–Trinajstić information content (AvgIpc) is 2.28. The smallest absolute Gasteiger partial charge is 0.271 e. The molecule has 98 valence electrons. The molecular weight excluding hydrogens is 323 g/mol. The number of amides is 1. The van der Waals surface area contributed by atoms with E-state index in [1.54, 1.807) is 0 Å². The van der Waals surface area contributed by atoms with Crippen molar-refractivity contribution < 1.29 is 9.72 Å². The minimum absolute atomic E-state index is 0.0759. The first-order valence-corrected chi connectivity index (χ1v) is 6.58. The normalized spacial score (nSPS) is 11.9. The first-order chi connectivity index (χ1) is 8.43. The molecule has 0 heterocycles. The Labute approximate surface area is 118 Å². The van der Waals surface area contributed by atoms with E-state index in [-0.39, 0.29) is 23.2 Å². The van der Waals surface area contributed by atoms with Crippen LogP contribution in [0.3, 0.4) is 0 Å². The minimum Gasteiger partial charge on any atom is -0.350 e. The van der Waals surface area contributed by atoms with Crippen LogP contribution < -0.4 is 5.32 Å².